The minimum absolute atomic E-state index is 0.0340. The summed E-state index contributed by atoms with van der Waals surface area (Å²) in [6, 6.07) is 9.65. The van der Waals surface area contributed by atoms with Gasteiger partial charge in [-0.1, -0.05) is 83.2 Å². The monoisotopic (exact) mass is 488 g/mol. The van der Waals surface area contributed by atoms with E-state index in [-0.39, 0.29) is 17.7 Å². The van der Waals surface area contributed by atoms with Crippen molar-refractivity contribution in [3.63, 3.8) is 0 Å². The third kappa shape index (κ3) is 10.7. The first kappa shape index (κ1) is 29.3. The number of carbonyl (C=O) groups is 2. The number of carbonyl (C=O) groups excluding carboxylic acids is 2. The second-order valence-electron chi connectivity index (χ2n) is 11.1. The number of nitrogens with zero attached hydrogens (tertiary/aromatic N) is 1. The standard InChI is InChI=1S/C29H48N2O4/c1-21(2)18-26(32)28(34)25(19-24-14-9-6-10-15-24)30-29(35)22(3)20-31(4)27(33)17-11-16-23-12-7-5-8-13-23/h5,7-8,12-13,21-22,24-26,28,32,34H,6,9-11,14-20H2,1-4H3,(H,30,35)/t22-,25+,26-,28+/m0/s1. The summed E-state index contributed by atoms with van der Waals surface area (Å²) in [6.45, 7) is 6.17. The van der Waals surface area contributed by atoms with Gasteiger partial charge >= 0.3 is 0 Å². The van der Waals surface area contributed by atoms with Gasteiger partial charge in [-0.15, -0.1) is 0 Å². The van der Waals surface area contributed by atoms with Crippen LogP contribution < -0.4 is 5.32 Å². The molecule has 1 aromatic carbocycles. The molecule has 0 unspecified atom stereocenters. The molecule has 0 heterocycles. The minimum atomic E-state index is -0.993. The SMILES string of the molecule is CC(C)C[C@H](O)[C@H](O)[C@@H](CC1CCCCC1)NC(=O)[C@@H](C)CN(C)C(=O)CCCc1ccccc1. The van der Waals surface area contributed by atoms with E-state index in [2.05, 4.69) is 17.4 Å². The zero-order valence-electron chi connectivity index (χ0n) is 22.3. The van der Waals surface area contributed by atoms with Gasteiger partial charge in [0, 0.05) is 20.0 Å². The fourth-order valence-electron chi connectivity index (χ4n) is 5.16. The number of hydrogen-bond acceptors (Lipinski definition) is 4. The van der Waals surface area contributed by atoms with Crippen molar-refractivity contribution < 1.29 is 19.8 Å². The highest BCUT2D eigenvalue weighted by Gasteiger charge is 2.32. The molecule has 4 atom stereocenters. The average molecular weight is 489 g/mol. The van der Waals surface area contributed by atoms with Crippen molar-refractivity contribution in [2.24, 2.45) is 17.8 Å². The molecule has 35 heavy (non-hydrogen) atoms. The number of aliphatic hydroxyl groups is 2. The molecule has 1 aliphatic rings. The Hall–Kier alpha value is -1.92. The summed E-state index contributed by atoms with van der Waals surface area (Å²) in [5.41, 5.74) is 1.22. The number of amides is 2. The van der Waals surface area contributed by atoms with Gasteiger partial charge in [-0.25, -0.2) is 0 Å². The Morgan fingerprint density at radius 1 is 1.06 bits per heavy atom. The zero-order valence-corrected chi connectivity index (χ0v) is 22.3. The van der Waals surface area contributed by atoms with Crippen LogP contribution in [0.15, 0.2) is 30.3 Å². The van der Waals surface area contributed by atoms with E-state index in [1.54, 1.807) is 11.9 Å². The molecule has 0 saturated heterocycles. The number of aliphatic hydroxyl groups excluding tert-OH is 2. The van der Waals surface area contributed by atoms with Crippen LogP contribution in [-0.4, -0.2) is 58.8 Å². The van der Waals surface area contributed by atoms with Crippen molar-refractivity contribution in [3.05, 3.63) is 35.9 Å². The molecule has 1 aliphatic carbocycles. The van der Waals surface area contributed by atoms with Crippen LogP contribution in [0.5, 0.6) is 0 Å². The van der Waals surface area contributed by atoms with Gasteiger partial charge in [-0.2, -0.15) is 0 Å². The lowest BCUT2D eigenvalue weighted by molar-refractivity contribution is -0.133. The summed E-state index contributed by atoms with van der Waals surface area (Å²) in [5.74, 6) is 0.170. The molecule has 198 valence electrons. The van der Waals surface area contributed by atoms with Crippen LogP contribution in [0.1, 0.15) is 84.1 Å². The van der Waals surface area contributed by atoms with E-state index in [9.17, 15) is 19.8 Å². The third-order valence-electron chi connectivity index (χ3n) is 7.28. The molecule has 6 nitrogen and oxygen atoms in total. The van der Waals surface area contributed by atoms with E-state index in [0.29, 0.717) is 31.7 Å². The lowest BCUT2D eigenvalue weighted by atomic mass is 9.82. The van der Waals surface area contributed by atoms with E-state index in [4.69, 9.17) is 0 Å². The second kappa shape index (κ2) is 15.2. The maximum atomic E-state index is 13.1. The summed E-state index contributed by atoms with van der Waals surface area (Å²) < 4.78 is 0. The first-order valence-electron chi connectivity index (χ1n) is 13.6. The Bertz CT molecular complexity index is 748. The van der Waals surface area contributed by atoms with Gasteiger partial charge in [-0.3, -0.25) is 9.59 Å². The molecular weight excluding hydrogens is 440 g/mol. The van der Waals surface area contributed by atoms with Gasteiger partial charge in [0.05, 0.1) is 18.1 Å². The summed E-state index contributed by atoms with van der Waals surface area (Å²) in [6.07, 6.45) is 7.22. The molecular formula is C29H48N2O4. The van der Waals surface area contributed by atoms with Crippen molar-refractivity contribution in [1.82, 2.24) is 10.2 Å². The molecule has 2 amide bonds. The van der Waals surface area contributed by atoms with Crippen LogP contribution in [0.2, 0.25) is 0 Å². The van der Waals surface area contributed by atoms with Gasteiger partial charge in [0.2, 0.25) is 11.8 Å². The Morgan fingerprint density at radius 2 is 1.71 bits per heavy atom. The maximum Gasteiger partial charge on any atom is 0.224 e. The summed E-state index contributed by atoms with van der Waals surface area (Å²) >= 11 is 0. The number of rotatable bonds is 14. The lowest BCUT2D eigenvalue weighted by Crippen LogP contribution is -2.52. The van der Waals surface area contributed by atoms with Gasteiger partial charge in [0.25, 0.3) is 0 Å². The largest absolute Gasteiger partial charge is 0.390 e. The first-order valence-corrected chi connectivity index (χ1v) is 13.6. The van der Waals surface area contributed by atoms with Gasteiger partial charge in [0.15, 0.2) is 0 Å². The highest BCUT2D eigenvalue weighted by atomic mass is 16.3. The molecule has 3 N–H and O–H groups in total. The van der Waals surface area contributed by atoms with Gasteiger partial charge in [-0.05, 0) is 43.1 Å². The fraction of sp³-hybridized carbons (Fsp3) is 0.724. The topological polar surface area (TPSA) is 89.9 Å². The molecule has 6 heteroatoms. The molecule has 0 radical (unpaired) electrons. The molecule has 0 aromatic heterocycles. The Morgan fingerprint density at radius 3 is 2.34 bits per heavy atom. The van der Waals surface area contributed by atoms with Gasteiger partial charge in [0.1, 0.15) is 6.10 Å². The van der Waals surface area contributed by atoms with Crippen LogP contribution in [0.3, 0.4) is 0 Å². The maximum absolute atomic E-state index is 13.1. The molecule has 1 saturated carbocycles. The average Bonchev–Trinajstić information content (AvgIpc) is 2.83. The van der Waals surface area contributed by atoms with E-state index in [1.165, 1.54) is 24.8 Å². The Labute approximate surface area is 212 Å². The number of aryl methyl sites for hydroxylation is 1. The van der Waals surface area contributed by atoms with Crippen LogP contribution in [-0.2, 0) is 16.0 Å². The molecule has 1 fully saturated rings. The summed E-state index contributed by atoms with van der Waals surface area (Å²) in [5, 5.41) is 24.5. The first-order chi connectivity index (χ1) is 16.7. The van der Waals surface area contributed by atoms with Crippen LogP contribution in [0, 0.1) is 17.8 Å². The predicted molar refractivity (Wildman–Crippen MR) is 141 cm³/mol. The quantitative estimate of drug-likeness (QED) is 0.364. The molecule has 1 aromatic rings. The van der Waals surface area contributed by atoms with Crippen LogP contribution >= 0.6 is 0 Å². The van der Waals surface area contributed by atoms with Crippen LogP contribution in [0.4, 0.5) is 0 Å². The highest BCUT2D eigenvalue weighted by molar-refractivity contribution is 5.80. The number of benzene rings is 1. The summed E-state index contributed by atoms with van der Waals surface area (Å²) in [4.78, 5) is 27.3. The molecule has 0 aliphatic heterocycles. The Balaban J connectivity index is 1.88. The van der Waals surface area contributed by atoms with Crippen LogP contribution in [0.25, 0.3) is 0 Å². The van der Waals surface area contributed by atoms with E-state index >= 15 is 0 Å². The van der Waals surface area contributed by atoms with Crippen molar-refractivity contribution in [1.29, 1.82) is 0 Å². The zero-order chi connectivity index (χ0) is 25.8. The van der Waals surface area contributed by atoms with Gasteiger partial charge < -0.3 is 20.4 Å². The molecule has 0 bridgehead atoms. The second-order valence-corrected chi connectivity index (χ2v) is 11.1. The van der Waals surface area contributed by atoms with Crippen molar-refractivity contribution in [2.75, 3.05) is 13.6 Å². The van der Waals surface area contributed by atoms with E-state index in [0.717, 1.165) is 25.7 Å². The number of hydrogen-bond donors (Lipinski definition) is 3. The Kier molecular flexibility index (Phi) is 12.8. The van der Waals surface area contributed by atoms with E-state index in [1.807, 2.05) is 39.0 Å². The van der Waals surface area contributed by atoms with Crippen molar-refractivity contribution >= 4 is 11.8 Å². The predicted octanol–water partition coefficient (Wildman–Crippen LogP) is 4.33. The fourth-order valence-corrected chi connectivity index (χ4v) is 5.16. The lowest BCUT2D eigenvalue weighted by Gasteiger charge is -2.33. The molecule has 2 rings (SSSR count). The normalized spacial score (nSPS) is 18.0. The molecule has 0 spiro atoms. The third-order valence-corrected chi connectivity index (χ3v) is 7.28. The number of nitrogens with one attached hydrogen (secondary N) is 1. The minimum Gasteiger partial charge on any atom is -0.390 e. The summed E-state index contributed by atoms with van der Waals surface area (Å²) in [7, 11) is 1.75. The van der Waals surface area contributed by atoms with Crippen molar-refractivity contribution in [3.8, 4) is 0 Å². The van der Waals surface area contributed by atoms with E-state index < -0.39 is 24.2 Å². The smallest absolute Gasteiger partial charge is 0.224 e. The highest BCUT2D eigenvalue weighted by Crippen LogP contribution is 2.29. The van der Waals surface area contributed by atoms with Crippen molar-refractivity contribution in [2.45, 2.75) is 103 Å².